The molecule has 0 aliphatic carbocycles. The molecular formula is C11H14F3NO. The Labute approximate surface area is 92.1 Å². The van der Waals surface area contributed by atoms with Crippen molar-refractivity contribution in [2.24, 2.45) is 0 Å². The van der Waals surface area contributed by atoms with Crippen molar-refractivity contribution >= 4 is 0 Å². The van der Waals surface area contributed by atoms with Crippen molar-refractivity contribution in [3.05, 3.63) is 35.1 Å². The first-order valence-electron chi connectivity index (χ1n) is 5.02. The zero-order valence-electron chi connectivity index (χ0n) is 8.93. The monoisotopic (exact) mass is 233 g/mol. The molecule has 0 heterocycles. The summed E-state index contributed by atoms with van der Waals surface area (Å²) in [4.78, 5) is 0. The number of hydrogen-bond acceptors (Lipinski definition) is 2. The third kappa shape index (κ3) is 3.50. The van der Waals surface area contributed by atoms with Crippen molar-refractivity contribution in [2.45, 2.75) is 25.9 Å². The van der Waals surface area contributed by atoms with Gasteiger partial charge in [0.1, 0.15) is 0 Å². The summed E-state index contributed by atoms with van der Waals surface area (Å²) < 4.78 is 38.3. The van der Waals surface area contributed by atoms with Crippen LogP contribution in [0.3, 0.4) is 0 Å². The molecule has 1 rings (SSSR count). The number of rotatable bonds is 5. The summed E-state index contributed by atoms with van der Waals surface area (Å²) in [5.41, 5.74) is 0.334. The summed E-state index contributed by atoms with van der Waals surface area (Å²) in [6, 6.07) is 1.94. The average molecular weight is 233 g/mol. The van der Waals surface area contributed by atoms with Crippen molar-refractivity contribution in [1.82, 2.24) is 5.32 Å². The Morgan fingerprint density at radius 3 is 2.31 bits per heavy atom. The zero-order chi connectivity index (χ0) is 12.1. The maximum Gasteiger partial charge on any atom is 0.194 e. The Morgan fingerprint density at radius 1 is 1.25 bits per heavy atom. The highest BCUT2D eigenvalue weighted by molar-refractivity contribution is 5.19. The molecule has 90 valence electrons. The molecule has 16 heavy (non-hydrogen) atoms. The highest BCUT2D eigenvalue weighted by Crippen LogP contribution is 2.13. The number of nitrogens with one attached hydrogen (secondary N) is 1. The van der Waals surface area contributed by atoms with E-state index in [-0.39, 0.29) is 19.2 Å². The molecule has 1 unspecified atom stereocenters. The van der Waals surface area contributed by atoms with Crippen molar-refractivity contribution in [3.63, 3.8) is 0 Å². The Morgan fingerprint density at radius 2 is 1.81 bits per heavy atom. The first kappa shape index (κ1) is 13.0. The Bertz CT molecular complexity index is 334. The molecule has 0 saturated carbocycles. The van der Waals surface area contributed by atoms with Gasteiger partial charge in [-0.05, 0) is 31.0 Å². The molecule has 2 N–H and O–H groups in total. The van der Waals surface area contributed by atoms with Gasteiger partial charge in [-0.3, -0.25) is 0 Å². The lowest BCUT2D eigenvalue weighted by Crippen LogP contribution is -2.26. The first-order valence-corrected chi connectivity index (χ1v) is 5.02. The first-order chi connectivity index (χ1) is 7.54. The van der Waals surface area contributed by atoms with Gasteiger partial charge in [0, 0.05) is 19.2 Å². The van der Waals surface area contributed by atoms with Crippen LogP contribution in [-0.2, 0) is 6.54 Å². The van der Waals surface area contributed by atoms with Gasteiger partial charge in [0.2, 0.25) is 0 Å². The van der Waals surface area contributed by atoms with Crippen LogP contribution in [-0.4, -0.2) is 17.8 Å². The molecule has 1 aromatic rings. The second kappa shape index (κ2) is 5.86. The maximum atomic E-state index is 12.8. The van der Waals surface area contributed by atoms with E-state index in [1.807, 2.05) is 6.92 Å². The zero-order valence-corrected chi connectivity index (χ0v) is 8.93. The fourth-order valence-corrected chi connectivity index (χ4v) is 1.30. The fraction of sp³-hybridized carbons (Fsp3) is 0.455. The van der Waals surface area contributed by atoms with E-state index in [1.165, 1.54) is 0 Å². The van der Waals surface area contributed by atoms with Crippen molar-refractivity contribution in [3.8, 4) is 0 Å². The third-order valence-corrected chi connectivity index (χ3v) is 2.26. The van der Waals surface area contributed by atoms with Gasteiger partial charge in [0.05, 0.1) is 0 Å². The highest BCUT2D eigenvalue weighted by Gasteiger charge is 2.10. The SMILES string of the molecule is CC(CCO)NCc1cc(F)c(F)c(F)c1. The summed E-state index contributed by atoms with van der Waals surface area (Å²) in [5, 5.41) is 11.6. The van der Waals surface area contributed by atoms with Crippen LogP contribution in [0.5, 0.6) is 0 Å². The van der Waals surface area contributed by atoms with Crippen LogP contribution >= 0.6 is 0 Å². The van der Waals surface area contributed by atoms with E-state index in [0.717, 1.165) is 12.1 Å². The standard InChI is InChI=1S/C11H14F3NO/c1-7(2-3-16)15-6-8-4-9(12)11(14)10(13)5-8/h4-5,7,15-16H,2-3,6H2,1H3. The van der Waals surface area contributed by atoms with Crippen LogP contribution in [0, 0.1) is 17.5 Å². The van der Waals surface area contributed by atoms with E-state index in [9.17, 15) is 13.2 Å². The maximum absolute atomic E-state index is 12.8. The molecule has 0 radical (unpaired) electrons. The lowest BCUT2D eigenvalue weighted by atomic mass is 10.2. The van der Waals surface area contributed by atoms with Crippen LogP contribution in [0.1, 0.15) is 18.9 Å². The largest absolute Gasteiger partial charge is 0.396 e. The average Bonchev–Trinajstić information content (AvgIpc) is 2.23. The van der Waals surface area contributed by atoms with Gasteiger partial charge in [-0.15, -0.1) is 0 Å². The summed E-state index contributed by atoms with van der Waals surface area (Å²) in [5.74, 6) is -3.83. The van der Waals surface area contributed by atoms with Crippen molar-refractivity contribution < 1.29 is 18.3 Å². The molecule has 0 spiro atoms. The summed E-state index contributed by atoms with van der Waals surface area (Å²) in [6.45, 7) is 2.11. The number of halogens is 3. The molecule has 0 aromatic heterocycles. The second-order valence-electron chi connectivity index (χ2n) is 3.67. The number of benzene rings is 1. The minimum atomic E-state index is -1.45. The van der Waals surface area contributed by atoms with E-state index in [1.54, 1.807) is 0 Å². The van der Waals surface area contributed by atoms with E-state index < -0.39 is 17.5 Å². The molecule has 5 heteroatoms. The van der Waals surface area contributed by atoms with E-state index in [4.69, 9.17) is 5.11 Å². The topological polar surface area (TPSA) is 32.3 Å². The quantitative estimate of drug-likeness (QED) is 0.762. The number of aliphatic hydroxyl groups excluding tert-OH is 1. The molecule has 1 aromatic carbocycles. The minimum Gasteiger partial charge on any atom is -0.396 e. The van der Waals surface area contributed by atoms with Crippen molar-refractivity contribution in [1.29, 1.82) is 0 Å². The molecule has 0 aliphatic heterocycles. The van der Waals surface area contributed by atoms with E-state index in [2.05, 4.69) is 5.32 Å². The third-order valence-electron chi connectivity index (χ3n) is 2.26. The van der Waals surface area contributed by atoms with Gasteiger partial charge in [-0.25, -0.2) is 13.2 Å². The normalized spacial score (nSPS) is 12.8. The Hall–Kier alpha value is -1.07. The van der Waals surface area contributed by atoms with Crippen LogP contribution in [0.2, 0.25) is 0 Å². The summed E-state index contributed by atoms with van der Waals surface area (Å²) in [6.07, 6.45) is 0.548. The number of aliphatic hydroxyl groups is 1. The Kier molecular flexibility index (Phi) is 4.76. The van der Waals surface area contributed by atoms with Gasteiger partial charge in [0.15, 0.2) is 17.5 Å². The van der Waals surface area contributed by atoms with Gasteiger partial charge in [-0.1, -0.05) is 0 Å². The van der Waals surface area contributed by atoms with Crippen LogP contribution in [0.4, 0.5) is 13.2 Å². The lowest BCUT2D eigenvalue weighted by Gasteiger charge is -2.12. The molecule has 0 saturated heterocycles. The molecule has 0 fully saturated rings. The predicted molar refractivity (Wildman–Crippen MR) is 54.3 cm³/mol. The second-order valence-corrected chi connectivity index (χ2v) is 3.67. The lowest BCUT2D eigenvalue weighted by molar-refractivity contribution is 0.268. The molecular weight excluding hydrogens is 219 g/mol. The predicted octanol–water partition coefficient (Wildman–Crippen LogP) is 1.96. The molecule has 1 atom stereocenters. The molecule has 0 bridgehead atoms. The van der Waals surface area contributed by atoms with Gasteiger partial charge < -0.3 is 10.4 Å². The van der Waals surface area contributed by atoms with E-state index >= 15 is 0 Å². The highest BCUT2D eigenvalue weighted by atomic mass is 19.2. The molecule has 2 nitrogen and oxygen atoms in total. The van der Waals surface area contributed by atoms with Crippen LogP contribution in [0.15, 0.2) is 12.1 Å². The minimum absolute atomic E-state index is 0.0289. The van der Waals surface area contributed by atoms with Crippen LogP contribution < -0.4 is 5.32 Å². The molecule has 0 amide bonds. The van der Waals surface area contributed by atoms with Crippen LogP contribution in [0.25, 0.3) is 0 Å². The molecule has 0 aliphatic rings. The Balaban J connectivity index is 2.61. The van der Waals surface area contributed by atoms with Gasteiger partial charge >= 0.3 is 0 Å². The fourth-order valence-electron chi connectivity index (χ4n) is 1.30. The van der Waals surface area contributed by atoms with Gasteiger partial charge in [0.25, 0.3) is 0 Å². The smallest absolute Gasteiger partial charge is 0.194 e. The van der Waals surface area contributed by atoms with E-state index in [0.29, 0.717) is 12.0 Å². The van der Waals surface area contributed by atoms with Crippen molar-refractivity contribution in [2.75, 3.05) is 6.61 Å². The summed E-state index contributed by atoms with van der Waals surface area (Å²) in [7, 11) is 0. The number of hydrogen-bond donors (Lipinski definition) is 2. The van der Waals surface area contributed by atoms with Gasteiger partial charge in [-0.2, -0.15) is 0 Å². The summed E-state index contributed by atoms with van der Waals surface area (Å²) >= 11 is 0.